The Bertz CT molecular complexity index is 505. The Morgan fingerprint density at radius 1 is 1.24 bits per heavy atom. The highest BCUT2D eigenvalue weighted by Crippen LogP contribution is 2.41. The van der Waals surface area contributed by atoms with Crippen LogP contribution in [0.2, 0.25) is 0 Å². The van der Waals surface area contributed by atoms with Gasteiger partial charge in [-0.3, -0.25) is 0 Å². The molecular formula is C15H23Cl2FN2O. The fourth-order valence-electron chi connectivity index (χ4n) is 3.12. The number of hydrogen-bond donors (Lipinski definition) is 1. The summed E-state index contributed by atoms with van der Waals surface area (Å²) >= 11 is 0. The zero-order valence-corrected chi connectivity index (χ0v) is 14.0. The lowest BCUT2D eigenvalue weighted by Crippen LogP contribution is -2.37. The standard InChI is InChI=1S/C15H21FN2O.2ClH/c1-15(2)9-12(17)10-7-11(16)13(8-14(10)19-15)18-5-3-4-6-18;;/h7-8,12H,3-6,9,17H2,1-2H3;2*1H. The van der Waals surface area contributed by atoms with E-state index < -0.39 is 0 Å². The SMILES string of the molecule is CC1(C)CC(N)c2cc(F)c(N3CCCC3)cc2O1.Cl.Cl. The van der Waals surface area contributed by atoms with Gasteiger partial charge < -0.3 is 15.4 Å². The summed E-state index contributed by atoms with van der Waals surface area (Å²) in [6.45, 7) is 5.89. The third kappa shape index (κ3) is 3.55. The number of anilines is 1. The van der Waals surface area contributed by atoms with Crippen LogP contribution >= 0.6 is 24.8 Å². The van der Waals surface area contributed by atoms with Crippen LogP contribution in [0.15, 0.2) is 12.1 Å². The average molecular weight is 337 g/mol. The van der Waals surface area contributed by atoms with Crippen LogP contribution in [-0.2, 0) is 0 Å². The van der Waals surface area contributed by atoms with E-state index in [0.29, 0.717) is 12.1 Å². The second kappa shape index (κ2) is 6.59. The topological polar surface area (TPSA) is 38.5 Å². The van der Waals surface area contributed by atoms with Crippen molar-refractivity contribution in [3.63, 3.8) is 0 Å². The molecule has 3 nitrogen and oxygen atoms in total. The summed E-state index contributed by atoms with van der Waals surface area (Å²) < 4.78 is 20.2. The molecule has 6 heteroatoms. The highest BCUT2D eigenvalue weighted by atomic mass is 35.5. The minimum atomic E-state index is -0.285. The predicted molar refractivity (Wildman–Crippen MR) is 88.6 cm³/mol. The third-order valence-electron chi connectivity index (χ3n) is 4.02. The molecule has 0 radical (unpaired) electrons. The first-order chi connectivity index (χ1) is 8.96. The number of hydrogen-bond acceptors (Lipinski definition) is 3. The van der Waals surface area contributed by atoms with Gasteiger partial charge >= 0.3 is 0 Å². The van der Waals surface area contributed by atoms with E-state index in [0.717, 1.165) is 37.2 Å². The summed E-state index contributed by atoms with van der Waals surface area (Å²) in [7, 11) is 0. The van der Waals surface area contributed by atoms with Crippen LogP contribution in [0.4, 0.5) is 10.1 Å². The molecule has 1 fully saturated rings. The molecular weight excluding hydrogens is 314 g/mol. The van der Waals surface area contributed by atoms with Crippen molar-refractivity contribution in [3.8, 4) is 5.75 Å². The molecule has 0 bridgehead atoms. The lowest BCUT2D eigenvalue weighted by atomic mass is 9.90. The van der Waals surface area contributed by atoms with E-state index in [-0.39, 0.29) is 42.3 Å². The van der Waals surface area contributed by atoms with Crippen LogP contribution in [0.5, 0.6) is 5.75 Å². The second-order valence-electron chi connectivity index (χ2n) is 6.21. The molecule has 1 aromatic carbocycles. The minimum Gasteiger partial charge on any atom is -0.487 e. The number of fused-ring (bicyclic) bond motifs is 1. The largest absolute Gasteiger partial charge is 0.487 e. The molecule has 2 N–H and O–H groups in total. The maximum Gasteiger partial charge on any atom is 0.147 e. The number of rotatable bonds is 1. The fourth-order valence-corrected chi connectivity index (χ4v) is 3.12. The Balaban J connectivity index is 0.00000110. The van der Waals surface area contributed by atoms with Gasteiger partial charge in [-0.2, -0.15) is 0 Å². The van der Waals surface area contributed by atoms with Crippen LogP contribution in [-0.4, -0.2) is 18.7 Å². The maximum atomic E-state index is 14.2. The van der Waals surface area contributed by atoms with Crippen molar-refractivity contribution in [2.24, 2.45) is 5.73 Å². The average Bonchev–Trinajstić information content (AvgIpc) is 2.82. The summed E-state index contributed by atoms with van der Waals surface area (Å²) in [4.78, 5) is 2.09. The Hall–Kier alpha value is -0.710. The van der Waals surface area contributed by atoms with Gasteiger partial charge in [0, 0.05) is 37.2 Å². The minimum absolute atomic E-state index is 0. The van der Waals surface area contributed by atoms with Gasteiger partial charge in [-0.1, -0.05) is 0 Å². The number of nitrogens with two attached hydrogens (primary N) is 1. The first-order valence-corrected chi connectivity index (χ1v) is 6.99. The molecule has 1 atom stereocenters. The summed E-state index contributed by atoms with van der Waals surface area (Å²) in [6.07, 6.45) is 2.97. The molecule has 0 aromatic heterocycles. The lowest BCUT2D eigenvalue weighted by Gasteiger charge is -2.36. The van der Waals surface area contributed by atoms with Gasteiger partial charge in [0.2, 0.25) is 0 Å². The van der Waals surface area contributed by atoms with Gasteiger partial charge in [0.1, 0.15) is 17.2 Å². The molecule has 1 aromatic rings. The van der Waals surface area contributed by atoms with Crippen molar-refractivity contribution in [1.29, 1.82) is 0 Å². The van der Waals surface area contributed by atoms with Gasteiger partial charge in [-0.05, 0) is 32.8 Å². The van der Waals surface area contributed by atoms with Crippen molar-refractivity contribution in [3.05, 3.63) is 23.5 Å². The van der Waals surface area contributed by atoms with Crippen LogP contribution in [0, 0.1) is 5.82 Å². The lowest BCUT2D eigenvalue weighted by molar-refractivity contribution is 0.0727. The van der Waals surface area contributed by atoms with Gasteiger partial charge in [0.05, 0.1) is 5.69 Å². The van der Waals surface area contributed by atoms with Crippen LogP contribution in [0.25, 0.3) is 0 Å². The van der Waals surface area contributed by atoms with Gasteiger partial charge in [-0.15, -0.1) is 24.8 Å². The monoisotopic (exact) mass is 336 g/mol. The number of ether oxygens (including phenoxy) is 1. The first kappa shape index (κ1) is 18.3. The molecule has 2 aliphatic heterocycles. The van der Waals surface area contributed by atoms with Gasteiger partial charge in [0.25, 0.3) is 0 Å². The first-order valence-electron chi connectivity index (χ1n) is 6.99. The maximum absolute atomic E-state index is 14.2. The molecule has 1 unspecified atom stereocenters. The molecule has 2 heterocycles. The van der Waals surface area contributed by atoms with E-state index in [1.165, 1.54) is 0 Å². The number of nitrogens with zero attached hydrogens (tertiary/aromatic N) is 1. The Morgan fingerprint density at radius 2 is 1.86 bits per heavy atom. The Kier molecular flexibility index (Phi) is 5.76. The van der Waals surface area contributed by atoms with E-state index >= 15 is 0 Å². The molecule has 0 saturated carbocycles. The number of halogens is 3. The highest BCUT2D eigenvalue weighted by Gasteiger charge is 2.33. The van der Waals surface area contributed by atoms with Crippen molar-refractivity contribution in [2.45, 2.75) is 44.8 Å². The highest BCUT2D eigenvalue weighted by molar-refractivity contribution is 5.85. The van der Waals surface area contributed by atoms with Crippen LogP contribution in [0.1, 0.15) is 44.7 Å². The van der Waals surface area contributed by atoms with Crippen LogP contribution in [0.3, 0.4) is 0 Å². The quantitative estimate of drug-likeness (QED) is 0.846. The summed E-state index contributed by atoms with van der Waals surface area (Å²) in [5, 5.41) is 0. The molecule has 0 spiro atoms. The van der Waals surface area contributed by atoms with E-state index in [1.807, 2.05) is 19.9 Å². The second-order valence-corrected chi connectivity index (χ2v) is 6.21. The summed E-state index contributed by atoms with van der Waals surface area (Å²) in [5.74, 6) is 0.562. The van der Waals surface area contributed by atoms with E-state index in [4.69, 9.17) is 10.5 Å². The molecule has 2 aliphatic rings. The third-order valence-corrected chi connectivity index (χ3v) is 4.02. The summed E-state index contributed by atoms with van der Waals surface area (Å²) in [5.41, 5.74) is 7.29. The molecule has 1 saturated heterocycles. The zero-order chi connectivity index (χ0) is 13.6. The molecule has 21 heavy (non-hydrogen) atoms. The van der Waals surface area contributed by atoms with Gasteiger partial charge in [-0.25, -0.2) is 4.39 Å². The van der Waals surface area contributed by atoms with E-state index in [1.54, 1.807) is 6.07 Å². The number of benzene rings is 1. The van der Waals surface area contributed by atoms with Crippen LogP contribution < -0.4 is 15.4 Å². The van der Waals surface area contributed by atoms with Crippen molar-refractivity contribution >= 4 is 30.5 Å². The van der Waals surface area contributed by atoms with E-state index in [2.05, 4.69) is 4.90 Å². The molecule has 0 amide bonds. The van der Waals surface area contributed by atoms with Crippen molar-refractivity contribution in [1.82, 2.24) is 0 Å². The molecule has 3 rings (SSSR count). The molecule has 0 aliphatic carbocycles. The van der Waals surface area contributed by atoms with E-state index in [9.17, 15) is 4.39 Å². The summed E-state index contributed by atoms with van der Waals surface area (Å²) in [6, 6.07) is 3.24. The predicted octanol–water partition coefficient (Wildman–Crippen LogP) is 3.83. The fraction of sp³-hybridized carbons (Fsp3) is 0.600. The van der Waals surface area contributed by atoms with Crippen molar-refractivity contribution < 1.29 is 9.13 Å². The Morgan fingerprint density at radius 3 is 2.48 bits per heavy atom. The zero-order valence-electron chi connectivity index (χ0n) is 12.4. The van der Waals surface area contributed by atoms with Crippen molar-refractivity contribution in [2.75, 3.05) is 18.0 Å². The normalized spacial score (nSPS) is 22.7. The smallest absolute Gasteiger partial charge is 0.147 e. The molecule has 120 valence electrons. The van der Waals surface area contributed by atoms with Gasteiger partial charge in [0.15, 0.2) is 0 Å². The Labute approximate surface area is 137 Å².